The number of carbonyl (C=O) groups is 1. The molecule has 0 saturated carbocycles. The van der Waals surface area contributed by atoms with Crippen molar-refractivity contribution in [3.8, 4) is 0 Å². The minimum atomic E-state index is -0.973. The fraction of sp³-hybridized carbons (Fsp3) is 0.143. The molecule has 1 aromatic carbocycles. The summed E-state index contributed by atoms with van der Waals surface area (Å²) in [5, 5.41) is 13.4. The number of hydroxylamine groups is 3. The summed E-state index contributed by atoms with van der Waals surface area (Å²) in [6.45, 7) is 0.0693. The van der Waals surface area contributed by atoms with Crippen LogP contribution in [-0.4, -0.2) is 15.5 Å². The average Bonchev–Trinajstić information content (AvgIpc) is 2.67. The number of carbonyl (C=O) groups excluding carboxylic acids is 1. The summed E-state index contributed by atoms with van der Waals surface area (Å²) >= 11 is 11.8. The first-order valence-electron chi connectivity index (χ1n) is 6.00. The fourth-order valence-electron chi connectivity index (χ4n) is 2.41. The van der Waals surface area contributed by atoms with Gasteiger partial charge in [0, 0.05) is 17.3 Å². The van der Waals surface area contributed by atoms with Crippen molar-refractivity contribution in [3.05, 3.63) is 68.6 Å². The Morgan fingerprint density at radius 3 is 2.80 bits per heavy atom. The molecule has 0 saturated heterocycles. The molecule has 0 radical (unpaired) electrons. The van der Waals surface area contributed by atoms with Crippen molar-refractivity contribution in [3.63, 3.8) is 0 Å². The molecule has 0 bridgehead atoms. The van der Waals surface area contributed by atoms with Crippen molar-refractivity contribution in [1.82, 2.24) is 4.98 Å². The average molecular weight is 309 g/mol. The van der Waals surface area contributed by atoms with Crippen LogP contribution in [0.15, 0.2) is 36.5 Å². The van der Waals surface area contributed by atoms with Gasteiger partial charge in [0.25, 0.3) is 0 Å². The number of pyridine rings is 1. The highest BCUT2D eigenvalue weighted by Crippen LogP contribution is 2.32. The number of fused-ring (bicyclic) bond motifs is 1. The van der Waals surface area contributed by atoms with Crippen LogP contribution < -0.4 is 0 Å². The van der Waals surface area contributed by atoms with Gasteiger partial charge in [-0.2, -0.15) is 0 Å². The second-order valence-corrected chi connectivity index (χ2v) is 5.56. The highest BCUT2D eigenvalue weighted by atomic mass is 35.5. The minimum absolute atomic E-state index is 0.0470. The topological polar surface area (TPSA) is 53.0 Å². The molecule has 0 aliphatic carbocycles. The van der Waals surface area contributed by atoms with Gasteiger partial charge in [0.15, 0.2) is 0 Å². The Balaban J connectivity index is 1.96. The lowest BCUT2D eigenvalue weighted by Gasteiger charge is -2.35. The van der Waals surface area contributed by atoms with E-state index in [2.05, 4.69) is 4.98 Å². The molecule has 1 amide bonds. The van der Waals surface area contributed by atoms with Crippen LogP contribution in [0.25, 0.3) is 0 Å². The molecule has 102 valence electrons. The molecule has 20 heavy (non-hydrogen) atoms. The quantitative estimate of drug-likeness (QED) is 0.484. The van der Waals surface area contributed by atoms with E-state index in [1.807, 2.05) is 6.07 Å². The van der Waals surface area contributed by atoms with Crippen LogP contribution in [0.1, 0.15) is 21.5 Å². The smallest absolute Gasteiger partial charge is 0.346 e. The third-order valence-corrected chi connectivity index (χ3v) is 3.92. The lowest BCUT2D eigenvalue weighted by Crippen LogP contribution is -2.41. The third-order valence-electron chi connectivity index (χ3n) is 3.37. The predicted octanol–water partition coefficient (Wildman–Crippen LogP) is 3.56. The summed E-state index contributed by atoms with van der Waals surface area (Å²) in [5.74, 6) is -0.440. The molecule has 2 aromatic rings. The van der Waals surface area contributed by atoms with Crippen LogP contribution in [0, 0.1) is 5.21 Å². The first-order chi connectivity index (χ1) is 9.49. The molecule has 2 heterocycles. The number of rotatable bonds is 2. The highest BCUT2D eigenvalue weighted by molar-refractivity contribution is 6.32. The summed E-state index contributed by atoms with van der Waals surface area (Å²) in [6.07, 6.45) is 1.39. The van der Waals surface area contributed by atoms with Crippen molar-refractivity contribution in [2.45, 2.75) is 13.1 Å². The van der Waals surface area contributed by atoms with Crippen LogP contribution in [0.3, 0.4) is 0 Å². The number of nitrogens with zero attached hydrogens (tertiary/aromatic N) is 2. The summed E-state index contributed by atoms with van der Waals surface area (Å²) in [5.41, 5.74) is 1.78. The largest absolute Gasteiger partial charge is 0.624 e. The Morgan fingerprint density at radius 1 is 1.30 bits per heavy atom. The van der Waals surface area contributed by atoms with E-state index in [9.17, 15) is 10.0 Å². The van der Waals surface area contributed by atoms with Crippen LogP contribution >= 0.6 is 23.2 Å². The van der Waals surface area contributed by atoms with Crippen LogP contribution in [-0.2, 0) is 13.1 Å². The lowest BCUT2D eigenvalue weighted by molar-refractivity contribution is -0.821. The molecule has 0 N–H and O–H groups in total. The Kier molecular flexibility index (Phi) is 3.26. The number of halogens is 2. The van der Waals surface area contributed by atoms with E-state index < -0.39 is 10.6 Å². The molecular weight excluding hydrogens is 299 g/mol. The molecule has 6 heteroatoms. The highest BCUT2D eigenvalue weighted by Gasteiger charge is 2.38. The van der Waals surface area contributed by atoms with Gasteiger partial charge in [0.1, 0.15) is 18.2 Å². The van der Waals surface area contributed by atoms with Crippen molar-refractivity contribution in [2.24, 2.45) is 0 Å². The van der Waals surface area contributed by atoms with Crippen molar-refractivity contribution < 1.29 is 9.44 Å². The Labute approximate surface area is 125 Å². The van der Waals surface area contributed by atoms with E-state index >= 15 is 0 Å². The van der Waals surface area contributed by atoms with Gasteiger partial charge in [-0.1, -0.05) is 41.4 Å². The molecule has 1 aliphatic heterocycles. The molecule has 1 unspecified atom stereocenters. The van der Waals surface area contributed by atoms with Crippen LogP contribution in [0.2, 0.25) is 10.2 Å². The molecular formula is C14H10Cl2N2O2. The van der Waals surface area contributed by atoms with Crippen LogP contribution in [0.4, 0.5) is 0 Å². The van der Waals surface area contributed by atoms with E-state index in [0.29, 0.717) is 16.1 Å². The number of benzene rings is 1. The maximum atomic E-state index is 12.8. The van der Waals surface area contributed by atoms with Gasteiger partial charge in [0.2, 0.25) is 0 Å². The zero-order chi connectivity index (χ0) is 14.3. The van der Waals surface area contributed by atoms with E-state index in [0.717, 1.165) is 5.56 Å². The Hall–Kier alpha value is -1.46. The van der Waals surface area contributed by atoms with Gasteiger partial charge < -0.3 is 5.21 Å². The third kappa shape index (κ3) is 2.21. The fourth-order valence-corrected chi connectivity index (χ4v) is 2.75. The van der Waals surface area contributed by atoms with Gasteiger partial charge in [-0.15, -0.1) is 0 Å². The zero-order valence-electron chi connectivity index (χ0n) is 10.3. The van der Waals surface area contributed by atoms with Gasteiger partial charge in [0.05, 0.1) is 10.6 Å². The predicted molar refractivity (Wildman–Crippen MR) is 76.1 cm³/mol. The maximum absolute atomic E-state index is 12.8. The van der Waals surface area contributed by atoms with Gasteiger partial charge >= 0.3 is 5.91 Å². The number of amides is 1. The van der Waals surface area contributed by atoms with Gasteiger partial charge in [-0.25, -0.2) is 9.78 Å². The van der Waals surface area contributed by atoms with E-state index in [1.165, 1.54) is 12.3 Å². The molecule has 4 nitrogen and oxygen atoms in total. The summed E-state index contributed by atoms with van der Waals surface area (Å²) in [7, 11) is 0. The maximum Gasteiger partial charge on any atom is 0.346 e. The second kappa shape index (κ2) is 4.82. The molecule has 0 fully saturated rings. The Morgan fingerprint density at radius 2 is 2.05 bits per heavy atom. The first-order valence-corrected chi connectivity index (χ1v) is 6.76. The Bertz CT molecular complexity index is 705. The molecule has 1 aromatic heterocycles. The SMILES string of the molecule is O=C1c2ccccc2C[N+]1([O-])Cc1cc(Cl)ncc1Cl. The lowest BCUT2D eigenvalue weighted by atomic mass is 10.1. The standard InChI is InChI=1S/C14H10Cl2N2O2/c15-12-6-17-13(16)5-10(12)8-18(20)7-9-3-1-2-4-11(9)14(18)19/h1-6H,7-8H2. The number of quaternary nitrogens is 1. The van der Waals surface area contributed by atoms with Crippen molar-refractivity contribution >= 4 is 29.1 Å². The number of aromatic nitrogens is 1. The van der Waals surface area contributed by atoms with E-state index in [4.69, 9.17) is 23.2 Å². The normalized spacial score (nSPS) is 21.1. The van der Waals surface area contributed by atoms with Crippen molar-refractivity contribution in [1.29, 1.82) is 0 Å². The van der Waals surface area contributed by atoms with Crippen molar-refractivity contribution in [2.75, 3.05) is 0 Å². The summed E-state index contributed by atoms with van der Waals surface area (Å²) in [6, 6.07) is 8.57. The molecule has 3 rings (SSSR count). The second-order valence-electron chi connectivity index (χ2n) is 4.77. The minimum Gasteiger partial charge on any atom is -0.624 e. The number of hydrogen-bond donors (Lipinski definition) is 0. The molecule has 0 spiro atoms. The first kappa shape index (κ1) is 13.5. The molecule has 1 atom stereocenters. The van der Waals surface area contributed by atoms with E-state index in [-0.39, 0.29) is 18.2 Å². The monoisotopic (exact) mass is 308 g/mol. The van der Waals surface area contributed by atoms with E-state index in [1.54, 1.807) is 18.2 Å². The van der Waals surface area contributed by atoms with Gasteiger partial charge in [-0.05, 0) is 12.1 Å². The van der Waals surface area contributed by atoms with Gasteiger partial charge in [-0.3, -0.25) is 4.65 Å². The molecule has 1 aliphatic rings. The van der Waals surface area contributed by atoms with Crippen LogP contribution in [0.5, 0.6) is 0 Å². The zero-order valence-corrected chi connectivity index (χ0v) is 11.9. The summed E-state index contributed by atoms with van der Waals surface area (Å²) in [4.78, 5) is 16.1. The summed E-state index contributed by atoms with van der Waals surface area (Å²) < 4.78 is -0.973. The number of hydrogen-bond acceptors (Lipinski definition) is 3.